The zero-order valence-electron chi connectivity index (χ0n) is 25.5. The molecule has 4 nitrogen and oxygen atoms in total. The Morgan fingerprint density at radius 1 is 0.404 bits per heavy atom. The largest absolute Gasteiger partial charge is 0.219 e. The van der Waals surface area contributed by atoms with Gasteiger partial charge in [0.05, 0.1) is 19.6 Å². The lowest BCUT2D eigenvalue weighted by molar-refractivity contribution is 0.594. The van der Waals surface area contributed by atoms with Gasteiger partial charge in [-0.05, 0) is 130 Å². The molecule has 0 radical (unpaired) electrons. The highest BCUT2D eigenvalue weighted by molar-refractivity contribution is 7.99. The first-order valence-electron chi connectivity index (χ1n) is 15.1. The molecule has 6 aliphatic heterocycles. The van der Waals surface area contributed by atoms with Crippen LogP contribution in [0.4, 0.5) is 0 Å². The van der Waals surface area contributed by atoms with Crippen LogP contribution in [-0.2, 0) is 25.1 Å². The maximum atomic E-state index is 13.8. The zero-order valence-corrected chi connectivity index (χ0v) is 28.7. The molecule has 6 heterocycles. The van der Waals surface area contributed by atoms with Crippen molar-refractivity contribution in [3.05, 3.63) is 145 Å². The van der Waals surface area contributed by atoms with Crippen LogP contribution in [0.5, 0.6) is 0 Å². The van der Waals surface area contributed by atoms with Gasteiger partial charge in [0.2, 0.25) is 19.7 Å². The number of rotatable bonds is 0. The van der Waals surface area contributed by atoms with Crippen LogP contribution in [0.15, 0.2) is 173 Å². The Kier molecular flexibility index (Phi) is 7.08. The van der Waals surface area contributed by atoms with Gasteiger partial charge in [-0.3, -0.25) is 0 Å². The Morgan fingerprint density at radius 2 is 0.702 bits per heavy atom. The third kappa shape index (κ3) is 5.15. The molecule has 0 atom stereocenters. The van der Waals surface area contributed by atoms with Gasteiger partial charge >= 0.3 is 0 Å². The van der Waals surface area contributed by atoms with E-state index in [1.807, 2.05) is 50.2 Å². The van der Waals surface area contributed by atoms with E-state index >= 15 is 0 Å². The van der Waals surface area contributed by atoms with Gasteiger partial charge in [-0.25, -0.2) is 16.8 Å². The highest BCUT2D eigenvalue weighted by atomic mass is 32.2. The molecule has 0 unspecified atom stereocenters. The van der Waals surface area contributed by atoms with Crippen LogP contribution in [0, 0.1) is 0 Å². The fraction of sp³-hybridized carbons (Fsp3) is 0.0769. The van der Waals surface area contributed by atoms with Gasteiger partial charge in [0, 0.05) is 25.0 Å². The van der Waals surface area contributed by atoms with E-state index in [0.29, 0.717) is 0 Å². The van der Waals surface area contributed by atoms with E-state index in [1.54, 1.807) is 72.1 Å². The maximum Gasteiger partial charge on any atom is 0.206 e. The number of sulfone groups is 2. The van der Waals surface area contributed by atoms with E-state index in [0.717, 1.165) is 53.0 Å². The highest BCUT2D eigenvalue weighted by Gasteiger charge is 2.38. The van der Waals surface area contributed by atoms with E-state index in [1.165, 1.54) is 0 Å². The van der Waals surface area contributed by atoms with Crippen LogP contribution in [0.3, 0.4) is 0 Å². The second-order valence-corrected chi connectivity index (χ2v) is 18.4. The topological polar surface area (TPSA) is 68.3 Å². The summed E-state index contributed by atoms with van der Waals surface area (Å²) in [4.78, 5) is 4.88. The smallest absolute Gasteiger partial charge is 0.206 e. The Hall–Kier alpha value is -4.08. The van der Waals surface area contributed by atoms with Crippen molar-refractivity contribution in [3.63, 3.8) is 0 Å². The number of benzene rings is 6. The first kappa shape index (κ1) is 30.3. The van der Waals surface area contributed by atoms with Crippen molar-refractivity contribution in [3.8, 4) is 22.3 Å². The van der Waals surface area contributed by atoms with Crippen molar-refractivity contribution in [1.82, 2.24) is 0 Å². The van der Waals surface area contributed by atoms with Crippen LogP contribution in [0.25, 0.3) is 22.3 Å². The Balaban J connectivity index is 1.25. The van der Waals surface area contributed by atoms with Crippen LogP contribution >= 0.6 is 23.5 Å². The van der Waals surface area contributed by atoms with Gasteiger partial charge in [0.1, 0.15) is 0 Å². The molecule has 8 heteroatoms. The Labute approximate surface area is 283 Å². The molecule has 6 aromatic carbocycles. The predicted octanol–water partition coefficient (Wildman–Crippen LogP) is 9.94. The first-order chi connectivity index (χ1) is 22.5. The molecule has 13 rings (SSSR count). The summed E-state index contributed by atoms with van der Waals surface area (Å²) in [6.45, 7) is 4.03. The molecule has 0 fully saturated rings. The molecule has 0 saturated heterocycles. The van der Waals surface area contributed by atoms with E-state index in [4.69, 9.17) is 0 Å². The summed E-state index contributed by atoms with van der Waals surface area (Å²) in [5.41, 5.74) is 5.10. The average Bonchev–Trinajstić information content (AvgIpc) is 3.31. The van der Waals surface area contributed by atoms with Crippen LogP contribution in [0.1, 0.15) is 25.0 Å². The maximum absolute atomic E-state index is 13.8. The van der Waals surface area contributed by atoms with Gasteiger partial charge < -0.3 is 0 Å². The van der Waals surface area contributed by atoms with Gasteiger partial charge in [-0.15, -0.1) is 0 Å². The molecule has 12 bridgehead atoms. The summed E-state index contributed by atoms with van der Waals surface area (Å²) in [6.07, 6.45) is 0. The van der Waals surface area contributed by atoms with E-state index in [2.05, 4.69) is 48.5 Å². The molecular weight excluding hydrogens is 661 g/mol. The molecule has 0 amide bonds. The van der Waals surface area contributed by atoms with E-state index < -0.39 is 25.1 Å². The molecule has 0 N–H and O–H groups in total. The minimum atomic E-state index is -3.80. The lowest BCUT2D eigenvalue weighted by atomic mass is 9.82. The third-order valence-corrected chi connectivity index (χ3v) is 14.6. The minimum Gasteiger partial charge on any atom is -0.219 e. The normalized spacial score (nSPS) is 16.6. The fourth-order valence-corrected chi connectivity index (χ4v) is 10.6. The van der Waals surface area contributed by atoms with Crippen LogP contribution < -0.4 is 0 Å². The van der Waals surface area contributed by atoms with Gasteiger partial charge in [0.15, 0.2) is 0 Å². The summed E-state index contributed by atoms with van der Waals surface area (Å²) in [6, 6.07) is 41.1. The summed E-state index contributed by atoms with van der Waals surface area (Å²) in [5, 5.41) is 0. The standard InChI is InChI=1S/C39H28O4S4/c1-39(2)37-23-33-19-21-35(37)36-22-20-34(24-38(36)39)47(42,43)32-17-13-30(14-18-32)45-28-9-5-26(6-10-28)25-3-7-27(8-4-25)44-29-11-15-31(16-12-29)46(33,40)41/h3-24H,1-2H3. The lowest BCUT2D eigenvalue weighted by Gasteiger charge is -2.22. The lowest BCUT2D eigenvalue weighted by Crippen LogP contribution is -2.16. The molecule has 0 spiro atoms. The van der Waals surface area contributed by atoms with Crippen molar-refractivity contribution >= 4 is 43.2 Å². The molecule has 47 heavy (non-hydrogen) atoms. The third-order valence-electron chi connectivity index (χ3n) is 9.02. The number of fused-ring (bicyclic) bond motifs is 3. The van der Waals surface area contributed by atoms with Crippen molar-refractivity contribution in [2.24, 2.45) is 0 Å². The number of hydrogen-bond acceptors (Lipinski definition) is 6. The fourth-order valence-electron chi connectivity index (χ4n) is 6.38. The van der Waals surface area contributed by atoms with E-state index in [9.17, 15) is 16.8 Å². The molecule has 232 valence electrons. The van der Waals surface area contributed by atoms with Crippen LogP contribution in [-0.4, -0.2) is 16.8 Å². The Bertz CT molecular complexity index is 2240. The second kappa shape index (κ2) is 11.0. The van der Waals surface area contributed by atoms with Crippen LogP contribution in [0.2, 0.25) is 0 Å². The van der Waals surface area contributed by atoms with Crippen molar-refractivity contribution < 1.29 is 16.8 Å². The van der Waals surface area contributed by atoms with Crippen molar-refractivity contribution in [2.75, 3.05) is 0 Å². The monoisotopic (exact) mass is 688 g/mol. The SMILES string of the molecule is CC1(C)c2cc3ccc2-c2ccc(cc21)S(=O)(=O)c1ccc(cc1)Sc1ccc(cc1)-c1ccc(cc1)Sc1ccc(cc1)S3(=O)=O. The highest BCUT2D eigenvalue weighted by Crippen LogP contribution is 2.50. The molecule has 7 aliphatic rings. The molecule has 1 aliphatic carbocycles. The molecule has 0 saturated carbocycles. The summed E-state index contributed by atoms with van der Waals surface area (Å²) in [7, 11) is -7.60. The predicted molar refractivity (Wildman–Crippen MR) is 188 cm³/mol. The second-order valence-electron chi connectivity index (χ2n) is 12.2. The number of hydrogen-bond donors (Lipinski definition) is 0. The summed E-state index contributed by atoms with van der Waals surface area (Å²) < 4.78 is 55.4. The molecule has 6 aromatic rings. The zero-order chi connectivity index (χ0) is 32.6. The van der Waals surface area contributed by atoms with Gasteiger partial charge in [-0.2, -0.15) is 0 Å². The quantitative estimate of drug-likeness (QED) is 0.158. The summed E-state index contributed by atoms with van der Waals surface area (Å²) >= 11 is 3.17. The Morgan fingerprint density at radius 3 is 1.04 bits per heavy atom. The first-order valence-corrected chi connectivity index (χ1v) is 19.7. The minimum absolute atomic E-state index is 0.212. The average molecular weight is 689 g/mol. The van der Waals surface area contributed by atoms with Crippen molar-refractivity contribution in [2.45, 2.75) is 58.4 Å². The molecular formula is C39H28O4S4. The van der Waals surface area contributed by atoms with E-state index in [-0.39, 0.29) is 19.6 Å². The summed E-state index contributed by atoms with van der Waals surface area (Å²) in [5.74, 6) is 0. The van der Waals surface area contributed by atoms with Gasteiger partial charge in [0.25, 0.3) is 0 Å². The van der Waals surface area contributed by atoms with Crippen molar-refractivity contribution in [1.29, 1.82) is 0 Å². The van der Waals surface area contributed by atoms with Gasteiger partial charge in [-0.1, -0.05) is 73.8 Å². The molecule has 0 aromatic heterocycles.